The lowest BCUT2D eigenvalue weighted by Gasteiger charge is -2.30. The molecule has 0 N–H and O–H groups in total. The van der Waals surface area contributed by atoms with Crippen LogP contribution in [0.15, 0.2) is 57.9 Å². The van der Waals surface area contributed by atoms with Gasteiger partial charge in [0.15, 0.2) is 0 Å². The molecule has 1 fully saturated rings. The molecule has 136 valence electrons. The first kappa shape index (κ1) is 17.9. The summed E-state index contributed by atoms with van der Waals surface area (Å²) in [5.74, 6) is 0. The Bertz CT molecular complexity index is 977. The number of thiazole rings is 1. The second-order valence-electron chi connectivity index (χ2n) is 6.12. The third-order valence-electron chi connectivity index (χ3n) is 4.39. The van der Waals surface area contributed by atoms with Gasteiger partial charge in [0.2, 0.25) is 10.0 Å². The van der Waals surface area contributed by atoms with Crippen LogP contribution >= 0.6 is 27.3 Å². The van der Waals surface area contributed by atoms with E-state index in [0.29, 0.717) is 36.0 Å². The lowest BCUT2D eigenvalue weighted by Crippen LogP contribution is -2.41. The molecule has 4 rings (SSSR count). The fraction of sp³-hybridized carbons (Fsp3) is 0.278. The summed E-state index contributed by atoms with van der Waals surface area (Å²) in [6, 6.07) is 14.7. The van der Waals surface area contributed by atoms with Gasteiger partial charge < -0.3 is 4.74 Å². The quantitative estimate of drug-likeness (QED) is 0.592. The molecular formula is C18H17BrN2O3S2. The number of piperidine rings is 1. The summed E-state index contributed by atoms with van der Waals surface area (Å²) in [4.78, 5) is 4.82. The molecule has 2 heterocycles. The summed E-state index contributed by atoms with van der Waals surface area (Å²) < 4.78 is 35.0. The number of aromatic nitrogens is 1. The van der Waals surface area contributed by atoms with Crippen molar-refractivity contribution >= 4 is 47.5 Å². The van der Waals surface area contributed by atoms with Crippen molar-refractivity contribution in [3.05, 3.63) is 53.0 Å². The van der Waals surface area contributed by atoms with E-state index in [1.165, 1.54) is 15.6 Å². The highest BCUT2D eigenvalue weighted by molar-refractivity contribution is 9.10. The first-order valence-corrected chi connectivity index (χ1v) is 11.4. The van der Waals surface area contributed by atoms with Gasteiger partial charge in [0, 0.05) is 17.6 Å². The summed E-state index contributed by atoms with van der Waals surface area (Å²) >= 11 is 4.86. The van der Waals surface area contributed by atoms with Gasteiger partial charge in [-0.15, -0.1) is 0 Å². The second-order valence-corrected chi connectivity index (χ2v) is 9.97. The number of sulfonamides is 1. The van der Waals surface area contributed by atoms with Crippen LogP contribution in [0, 0.1) is 0 Å². The van der Waals surface area contributed by atoms with Gasteiger partial charge in [0.1, 0.15) is 6.10 Å². The minimum Gasteiger partial charge on any atom is -0.467 e. The summed E-state index contributed by atoms with van der Waals surface area (Å²) in [6.45, 7) is 0.905. The van der Waals surface area contributed by atoms with Gasteiger partial charge in [-0.1, -0.05) is 39.4 Å². The van der Waals surface area contributed by atoms with Gasteiger partial charge in [0.05, 0.1) is 15.1 Å². The van der Waals surface area contributed by atoms with Crippen molar-refractivity contribution < 1.29 is 13.2 Å². The fourth-order valence-corrected chi connectivity index (χ4v) is 5.61. The van der Waals surface area contributed by atoms with Crippen LogP contribution in [-0.4, -0.2) is 36.9 Å². The highest BCUT2D eigenvalue weighted by Gasteiger charge is 2.30. The zero-order chi connectivity index (χ0) is 18.1. The molecule has 0 unspecified atom stereocenters. The number of fused-ring (bicyclic) bond motifs is 1. The van der Waals surface area contributed by atoms with Crippen molar-refractivity contribution in [1.29, 1.82) is 0 Å². The van der Waals surface area contributed by atoms with E-state index in [0.717, 1.165) is 14.7 Å². The van der Waals surface area contributed by atoms with E-state index in [9.17, 15) is 8.42 Å². The van der Waals surface area contributed by atoms with Crippen molar-refractivity contribution in [2.24, 2.45) is 0 Å². The molecule has 3 aromatic rings. The molecule has 1 saturated heterocycles. The van der Waals surface area contributed by atoms with Gasteiger partial charge >= 0.3 is 0 Å². The van der Waals surface area contributed by atoms with Crippen molar-refractivity contribution in [3.8, 4) is 5.19 Å². The van der Waals surface area contributed by atoms with Crippen LogP contribution < -0.4 is 4.74 Å². The molecule has 1 aliphatic heterocycles. The summed E-state index contributed by atoms with van der Waals surface area (Å²) in [5, 5.41) is 0.653. The van der Waals surface area contributed by atoms with Crippen LogP contribution in [0.25, 0.3) is 10.2 Å². The van der Waals surface area contributed by atoms with Crippen LogP contribution in [-0.2, 0) is 10.0 Å². The first-order valence-electron chi connectivity index (χ1n) is 8.30. The van der Waals surface area contributed by atoms with Crippen LogP contribution in [0.3, 0.4) is 0 Å². The van der Waals surface area contributed by atoms with E-state index in [-0.39, 0.29) is 6.10 Å². The van der Waals surface area contributed by atoms with Crippen LogP contribution in [0.4, 0.5) is 0 Å². The van der Waals surface area contributed by atoms with Crippen LogP contribution in [0.5, 0.6) is 5.19 Å². The third-order valence-corrected chi connectivity index (χ3v) is 7.76. The Labute approximate surface area is 164 Å². The number of rotatable bonds is 4. The lowest BCUT2D eigenvalue weighted by molar-refractivity contribution is 0.135. The molecule has 0 radical (unpaired) electrons. The standard InChI is InChI=1S/C18H17BrN2O3S2/c19-13-5-7-15(8-6-13)26(22,23)21-11-9-14(10-12-21)24-18-20-16-3-1-2-4-17(16)25-18/h1-8,14H,9-12H2. The Hall–Kier alpha value is -1.48. The number of halogens is 1. The minimum atomic E-state index is -3.45. The van der Waals surface area contributed by atoms with E-state index >= 15 is 0 Å². The number of ether oxygens (including phenoxy) is 1. The monoisotopic (exact) mass is 452 g/mol. The molecule has 0 amide bonds. The Morgan fingerprint density at radius 3 is 2.46 bits per heavy atom. The predicted molar refractivity (Wildman–Crippen MR) is 106 cm³/mol. The summed E-state index contributed by atoms with van der Waals surface area (Å²) in [6.07, 6.45) is 1.31. The van der Waals surface area contributed by atoms with Crippen LogP contribution in [0.2, 0.25) is 0 Å². The molecule has 0 aliphatic carbocycles. The van der Waals surface area contributed by atoms with Crippen molar-refractivity contribution in [2.75, 3.05) is 13.1 Å². The molecule has 2 aromatic carbocycles. The second kappa shape index (κ2) is 7.26. The van der Waals surface area contributed by atoms with Gasteiger partial charge in [0.25, 0.3) is 5.19 Å². The number of nitrogens with zero attached hydrogens (tertiary/aromatic N) is 2. The summed E-state index contributed by atoms with van der Waals surface area (Å²) in [5.41, 5.74) is 0.933. The zero-order valence-electron chi connectivity index (χ0n) is 13.8. The fourth-order valence-electron chi connectivity index (χ4n) is 2.99. The molecule has 5 nitrogen and oxygen atoms in total. The third kappa shape index (κ3) is 3.64. The predicted octanol–water partition coefficient (Wildman–Crippen LogP) is 4.29. The maximum atomic E-state index is 12.7. The highest BCUT2D eigenvalue weighted by atomic mass is 79.9. The van der Waals surface area contributed by atoms with E-state index < -0.39 is 10.0 Å². The highest BCUT2D eigenvalue weighted by Crippen LogP contribution is 2.30. The number of hydrogen-bond acceptors (Lipinski definition) is 5. The van der Waals surface area contributed by atoms with Crippen molar-refractivity contribution in [2.45, 2.75) is 23.8 Å². The molecular weight excluding hydrogens is 436 g/mol. The molecule has 26 heavy (non-hydrogen) atoms. The normalized spacial score (nSPS) is 16.8. The van der Waals surface area contributed by atoms with E-state index in [1.54, 1.807) is 24.3 Å². The van der Waals surface area contributed by atoms with E-state index in [4.69, 9.17) is 4.74 Å². The SMILES string of the molecule is O=S(=O)(c1ccc(Br)cc1)N1CCC(Oc2nc3ccccc3s2)CC1. The molecule has 0 saturated carbocycles. The Balaban J connectivity index is 1.41. The molecule has 1 aliphatic rings. The first-order chi connectivity index (χ1) is 12.5. The zero-order valence-corrected chi connectivity index (χ0v) is 17.1. The number of benzene rings is 2. The van der Waals surface area contributed by atoms with Gasteiger partial charge in [-0.05, 0) is 49.2 Å². The average molecular weight is 453 g/mol. The minimum absolute atomic E-state index is 0.00747. The lowest BCUT2D eigenvalue weighted by atomic mass is 10.1. The van der Waals surface area contributed by atoms with E-state index in [1.807, 2.05) is 24.3 Å². The maximum absolute atomic E-state index is 12.7. The van der Waals surface area contributed by atoms with Crippen molar-refractivity contribution in [3.63, 3.8) is 0 Å². The number of hydrogen-bond donors (Lipinski definition) is 0. The van der Waals surface area contributed by atoms with Gasteiger partial charge in [-0.2, -0.15) is 4.31 Å². The molecule has 1 aromatic heterocycles. The van der Waals surface area contributed by atoms with E-state index in [2.05, 4.69) is 20.9 Å². The van der Waals surface area contributed by atoms with Gasteiger partial charge in [-0.3, -0.25) is 0 Å². The molecule has 0 spiro atoms. The molecule has 8 heteroatoms. The summed E-state index contributed by atoms with van der Waals surface area (Å²) in [7, 11) is -3.45. The molecule has 0 bridgehead atoms. The van der Waals surface area contributed by atoms with Gasteiger partial charge in [-0.25, -0.2) is 13.4 Å². The topological polar surface area (TPSA) is 59.5 Å². The van der Waals surface area contributed by atoms with Crippen molar-refractivity contribution in [1.82, 2.24) is 9.29 Å². The average Bonchev–Trinajstić information content (AvgIpc) is 3.05. The Morgan fingerprint density at radius 1 is 1.08 bits per heavy atom. The number of para-hydroxylation sites is 1. The Kier molecular flexibility index (Phi) is 5.00. The largest absolute Gasteiger partial charge is 0.467 e. The van der Waals surface area contributed by atoms with Crippen LogP contribution in [0.1, 0.15) is 12.8 Å². The maximum Gasteiger partial charge on any atom is 0.274 e. The molecule has 0 atom stereocenters. The Morgan fingerprint density at radius 2 is 1.77 bits per heavy atom. The smallest absolute Gasteiger partial charge is 0.274 e.